The Hall–Kier alpha value is -1.50. The zero-order valence-corrected chi connectivity index (χ0v) is 19.9. The Morgan fingerprint density at radius 3 is 1.27 bits per heavy atom. The third-order valence-electron chi connectivity index (χ3n) is 4.20. The van der Waals surface area contributed by atoms with Gasteiger partial charge in [-0.1, -0.05) is 49.3 Å². The molecule has 12 heteroatoms. The average molecular weight is 467 g/mol. The van der Waals surface area contributed by atoms with Crippen LogP contribution in [-0.4, -0.2) is 73.6 Å². The SMILES string of the molecule is COC(=O)[C@@H](CSSC[C@@H](NC(=O)[C@H](N)C(C)C)C(=O)OC)NC(=O)[C@H](N)C(C)C. The summed E-state index contributed by atoms with van der Waals surface area (Å²) >= 11 is 0. The standard InChI is InChI=1S/C18H34N4O6S2/c1-9(2)13(19)15(23)21-11(17(25)27-5)7-29-30-8-12(18(26)28-6)22-16(24)14(20)10(3)4/h9-14H,7-8,19-20H2,1-6H3,(H,21,23)(H,22,24)/t11-,12-,13-,14-/m1/s1. The molecule has 0 aromatic carbocycles. The van der Waals surface area contributed by atoms with Crippen molar-refractivity contribution in [2.45, 2.75) is 51.9 Å². The lowest BCUT2D eigenvalue weighted by Crippen LogP contribution is -2.51. The van der Waals surface area contributed by atoms with Gasteiger partial charge in [-0.15, -0.1) is 0 Å². The van der Waals surface area contributed by atoms with Crippen LogP contribution in [0, 0.1) is 11.8 Å². The first-order chi connectivity index (χ1) is 14.0. The monoisotopic (exact) mass is 466 g/mol. The number of amides is 2. The summed E-state index contributed by atoms with van der Waals surface area (Å²) in [6.45, 7) is 7.20. The van der Waals surface area contributed by atoms with Crippen LogP contribution in [0.2, 0.25) is 0 Å². The summed E-state index contributed by atoms with van der Waals surface area (Å²) in [5.41, 5.74) is 11.6. The minimum absolute atomic E-state index is 0.0908. The normalized spacial score (nSPS) is 15.1. The first-order valence-corrected chi connectivity index (χ1v) is 12.0. The summed E-state index contributed by atoms with van der Waals surface area (Å²) in [7, 11) is 4.92. The van der Waals surface area contributed by atoms with E-state index in [1.54, 1.807) is 27.7 Å². The lowest BCUT2D eigenvalue weighted by atomic mass is 10.0. The van der Waals surface area contributed by atoms with Crippen LogP contribution >= 0.6 is 21.6 Å². The molecule has 0 rings (SSSR count). The zero-order chi connectivity index (χ0) is 23.4. The van der Waals surface area contributed by atoms with Gasteiger partial charge in [0.2, 0.25) is 11.8 Å². The summed E-state index contributed by atoms with van der Waals surface area (Å²) in [5.74, 6) is -1.93. The number of hydrogen-bond acceptors (Lipinski definition) is 10. The number of nitrogens with two attached hydrogens (primary N) is 2. The van der Waals surface area contributed by atoms with Crippen molar-refractivity contribution in [3.63, 3.8) is 0 Å². The molecule has 0 heterocycles. The second-order valence-corrected chi connectivity index (χ2v) is 9.83. The Balaban J connectivity index is 4.81. The van der Waals surface area contributed by atoms with E-state index in [4.69, 9.17) is 20.9 Å². The van der Waals surface area contributed by atoms with Gasteiger partial charge in [-0.2, -0.15) is 0 Å². The Morgan fingerprint density at radius 2 is 1.03 bits per heavy atom. The number of carbonyl (C=O) groups excluding carboxylic acids is 4. The molecular weight excluding hydrogens is 432 g/mol. The largest absolute Gasteiger partial charge is 0.467 e. The molecule has 0 radical (unpaired) electrons. The highest BCUT2D eigenvalue weighted by Crippen LogP contribution is 2.24. The molecule has 0 aliphatic rings. The van der Waals surface area contributed by atoms with E-state index in [1.807, 2.05) is 0 Å². The zero-order valence-electron chi connectivity index (χ0n) is 18.3. The minimum Gasteiger partial charge on any atom is -0.467 e. The number of rotatable bonds is 13. The second-order valence-electron chi connectivity index (χ2n) is 7.28. The summed E-state index contributed by atoms with van der Waals surface area (Å²) in [5, 5.41) is 5.16. The predicted molar refractivity (Wildman–Crippen MR) is 118 cm³/mol. The van der Waals surface area contributed by atoms with Crippen molar-refractivity contribution in [2.75, 3.05) is 25.7 Å². The fraction of sp³-hybridized carbons (Fsp3) is 0.778. The Bertz CT molecular complexity index is 541. The van der Waals surface area contributed by atoms with Crippen LogP contribution in [0.5, 0.6) is 0 Å². The van der Waals surface area contributed by atoms with Crippen molar-refractivity contribution in [1.29, 1.82) is 0 Å². The highest BCUT2D eigenvalue weighted by atomic mass is 33.1. The molecule has 0 saturated carbocycles. The van der Waals surface area contributed by atoms with E-state index in [1.165, 1.54) is 35.8 Å². The van der Waals surface area contributed by atoms with E-state index in [0.717, 1.165) is 0 Å². The van der Waals surface area contributed by atoms with Gasteiger partial charge in [-0.05, 0) is 11.8 Å². The number of ether oxygens (including phenoxy) is 2. The maximum Gasteiger partial charge on any atom is 0.329 e. The molecule has 0 aliphatic heterocycles. The predicted octanol–water partition coefficient (Wildman–Crippen LogP) is -0.350. The first-order valence-electron chi connectivity index (χ1n) is 9.48. The third-order valence-corrected chi connectivity index (χ3v) is 6.62. The van der Waals surface area contributed by atoms with Crippen LogP contribution in [-0.2, 0) is 28.7 Å². The molecule has 2 amide bonds. The minimum atomic E-state index is -0.898. The molecule has 0 spiro atoms. The van der Waals surface area contributed by atoms with E-state index in [0.29, 0.717) is 0 Å². The van der Waals surface area contributed by atoms with Gasteiger partial charge < -0.3 is 31.6 Å². The summed E-state index contributed by atoms with van der Waals surface area (Å²) in [6, 6.07) is -3.30. The lowest BCUT2D eigenvalue weighted by molar-refractivity contribution is -0.145. The molecule has 0 aromatic rings. The maximum atomic E-state index is 12.1. The van der Waals surface area contributed by atoms with Crippen molar-refractivity contribution in [3.05, 3.63) is 0 Å². The molecule has 0 aliphatic carbocycles. The molecule has 174 valence electrons. The van der Waals surface area contributed by atoms with Crippen LogP contribution < -0.4 is 22.1 Å². The molecule has 10 nitrogen and oxygen atoms in total. The molecule has 30 heavy (non-hydrogen) atoms. The third kappa shape index (κ3) is 10.0. The van der Waals surface area contributed by atoms with Gasteiger partial charge in [0.1, 0.15) is 12.1 Å². The smallest absolute Gasteiger partial charge is 0.329 e. The van der Waals surface area contributed by atoms with Crippen molar-refractivity contribution in [1.82, 2.24) is 10.6 Å². The molecule has 0 bridgehead atoms. The molecule has 0 fully saturated rings. The molecule has 6 N–H and O–H groups in total. The molecule has 4 atom stereocenters. The number of methoxy groups -OCH3 is 2. The Labute approximate surface area is 185 Å². The van der Waals surface area contributed by atoms with Crippen LogP contribution in [0.1, 0.15) is 27.7 Å². The van der Waals surface area contributed by atoms with Gasteiger partial charge >= 0.3 is 11.9 Å². The number of carbonyl (C=O) groups is 4. The average Bonchev–Trinajstić information content (AvgIpc) is 2.71. The maximum absolute atomic E-state index is 12.1. The van der Waals surface area contributed by atoms with Gasteiger partial charge in [0.15, 0.2) is 0 Å². The lowest BCUT2D eigenvalue weighted by Gasteiger charge is -2.22. The van der Waals surface area contributed by atoms with E-state index in [2.05, 4.69) is 10.6 Å². The first kappa shape index (κ1) is 28.5. The molecular formula is C18H34N4O6S2. The van der Waals surface area contributed by atoms with Gasteiger partial charge in [0.25, 0.3) is 0 Å². The number of esters is 2. The highest BCUT2D eigenvalue weighted by Gasteiger charge is 2.28. The van der Waals surface area contributed by atoms with Gasteiger partial charge in [0, 0.05) is 11.5 Å². The topological polar surface area (TPSA) is 163 Å². The quantitative estimate of drug-likeness (QED) is 0.160. The molecule has 0 aromatic heterocycles. The van der Waals surface area contributed by atoms with Crippen LogP contribution in [0.4, 0.5) is 0 Å². The molecule has 0 saturated heterocycles. The second kappa shape index (κ2) is 14.5. The van der Waals surface area contributed by atoms with E-state index < -0.39 is 47.9 Å². The van der Waals surface area contributed by atoms with Crippen molar-refractivity contribution < 1.29 is 28.7 Å². The van der Waals surface area contributed by atoms with Crippen LogP contribution in [0.3, 0.4) is 0 Å². The Morgan fingerprint density at radius 1 is 0.733 bits per heavy atom. The van der Waals surface area contributed by atoms with Crippen molar-refractivity contribution >= 4 is 45.3 Å². The van der Waals surface area contributed by atoms with Crippen molar-refractivity contribution in [2.24, 2.45) is 23.3 Å². The van der Waals surface area contributed by atoms with E-state index in [9.17, 15) is 19.2 Å². The van der Waals surface area contributed by atoms with Crippen molar-refractivity contribution in [3.8, 4) is 0 Å². The fourth-order valence-corrected chi connectivity index (χ4v) is 4.29. The number of hydrogen-bond donors (Lipinski definition) is 4. The molecule has 0 unspecified atom stereocenters. The Kier molecular flexibility index (Phi) is 13.8. The van der Waals surface area contributed by atoms with E-state index in [-0.39, 0.29) is 23.3 Å². The van der Waals surface area contributed by atoms with E-state index >= 15 is 0 Å². The van der Waals surface area contributed by atoms with Crippen LogP contribution in [0.15, 0.2) is 0 Å². The van der Waals surface area contributed by atoms with Gasteiger partial charge in [-0.3, -0.25) is 9.59 Å². The van der Waals surface area contributed by atoms with Gasteiger partial charge in [0.05, 0.1) is 26.3 Å². The summed E-state index contributed by atoms with van der Waals surface area (Å²) in [6.07, 6.45) is 0. The van der Waals surface area contributed by atoms with Gasteiger partial charge in [-0.25, -0.2) is 9.59 Å². The number of nitrogens with one attached hydrogen (secondary N) is 2. The van der Waals surface area contributed by atoms with Crippen LogP contribution in [0.25, 0.3) is 0 Å². The summed E-state index contributed by atoms with van der Waals surface area (Å²) < 4.78 is 9.45. The summed E-state index contributed by atoms with van der Waals surface area (Å²) in [4.78, 5) is 48.2. The highest BCUT2D eigenvalue weighted by molar-refractivity contribution is 8.76. The fourth-order valence-electron chi connectivity index (χ4n) is 2.00.